The van der Waals surface area contributed by atoms with E-state index in [1.54, 1.807) is 13.8 Å². The van der Waals surface area contributed by atoms with E-state index in [1.807, 2.05) is 11.8 Å². The summed E-state index contributed by atoms with van der Waals surface area (Å²) < 4.78 is 0. The van der Waals surface area contributed by atoms with Gasteiger partial charge in [0.2, 0.25) is 0 Å². The van der Waals surface area contributed by atoms with E-state index in [-0.39, 0.29) is 12.1 Å². The highest BCUT2D eigenvalue weighted by Crippen LogP contribution is 2.27. The largest absolute Gasteiger partial charge is 0.481 e. The van der Waals surface area contributed by atoms with Gasteiger partial charge in [-0.1, -0.05) is 6.92 Å². The predicted molar refractivity (Wildman–Crippen MR) is 64.8 cm³/mol. The topological polar surface area (TPSA) is 69.6 Å². The lowest BCUT2D eigenvalue weighted by Crippen LogP contribution is -2.48. The summed E-state index contributed by atoms with van der Waals surface area (Å²) in [6, 6.07) is -0.115. The fourth-order valence-corrected chi connectivity index (χ4v) is 1.69. The first-order valence-corrected chi connectivity index (χ1v) is 6.27. The molecule has 0 bridgehead atoms. The standard InChI is InChI=1S/C12H22N2O3/c1-4-7-14(10-5-6-10)12(17)13-9(3)8(2)11(15)16/h8-10H,4-7H2,1-3H3,(H,13,17)(H,15,16). The van der Waals surface area contributed by atoms with Gasteiger partial charge in [0.25, 0.3) is 0 Å². The molecule has 2 unspecified atom stereocenters. The highest BCUT2D eigenvalue weighted by molar-refractivity contribution is 5.77. The molecule has 5 heteroatoms. The van der Waals surface area contributed by atoms with Gasteiger partial charge in [0.05, 0.1) is 5.92 Å². The molecule has 1 aliphatic carbocycles. The van der Waals surface area contributed by atoms with Crippen LogP contribution in [-0.2, 0) is 4.79 Å². The van der Waals surface area contributed by atoms with Gasteiger partial charge in [-0.15, -0.1) is 0 Å². The van der Waals surface area contributed by atoms with E-state index in [4.69, 9.17) is 5.11 Å². The zero-order valence-corrected chi connectivity index (χ0v) is 10.8. The number of carboxylic acid groups (broad SMARTS) is 1. The van der Waals surface area contributed by atoms with Crippen molar-refractivity contribution in [3.8, 4) is 0 Å². The van der Waals surface area contributed by atoms with Crippen LogP contribution in [0.3, 0.4) is 0 Å². The molecule has 2 N–H and O–H groups in total. The maximum Gasteiger partial charge on any atom is 0.317 e. The average molecular weight is 242 g/mol. The average Bonchev–Trinajstić information content (AvgIpc) is 3.08. The van der Waals surface area contributed by atoms with Crippen LogP contribution >= 0.6 is 0 Å². The van der Waals surface area contributed by atoms with E-state index in [9.17, 15) is 9.59 Å². The molecule has 98 valence electrons. The van der Waals surface area contributed by atoms with Gasteiger partial charge >= 0.3 is 12.0 Å². The number of aliphatic carboxylic acids is 1. The van der Waals surface area contributed by atoms with Crippen LogP contribution in [0, 0.1) is 5.92 Å². The minimum Gasteiger partial charge on any atom is -0.481 e. The number of nitrogens with zero attached hydrogens (tertiary/aromatic N) is 1. The maximum absolute atomic E-state index is 12.0. The van der Waals surface area contributed by atoms with E-state index < -0.39 is 11.9 Å². The van der Waals surface area contributed by atoms with Crippen LogP contribution in [0.15, 0.2) is 0 Å². The van der Waals surface area contributed by atoms with E-state index in [0.717, 1.165) is 25.8 Å². The molecule has 1 rings (SSSR count). The molecule has 0 aromatic heterocycles. The molecule has 2 amide bonds. The normalized spacial score (nSPS) is 18.3. The van der Waals surface area contributed by atoms with Crippen molar-refractivity contribution in [1.82, 2.24) is 10.2 Å². The summed E-state index contributed by atoms with van der Waals surface area (Å²) in [5.41, 5.74) is 0. The Hall–Kier alpha value is -1.26. The Morgan fingerprint density at radius 3 is 2.41 bits per heavy atom. The van der Waals surface area contributed by atoms with Crippen LogP contribution < -0.4 is 5.32 Å². The molecule has 5 nitrogen and oxygen atoms in total. The number of hydrogen-bond donors (Lipinski definition) is 2. The van der Waals surface area contributed by atoms with Crippen LogP contribution in [0.1, 0.15) is 40.0 Å². The van der Waals surface area contributed by atoms with E-state index >= 15 is 0 Å². The second-order valence-corrected chi connectivity index (χ2v) is 4.79. The lowest BCUT2D eigenvalue weighted by molar-refractivity contribution is -0.141. The van der Waals surface area contributed by atoms with E-state index in [0.29, 0.717) is 6.04 Å². The third kappa shape index (κ3) is 3.91. The maximum atomic E-state index is 12.0. The molecule has 0 aromatic rings. The summed E-state index contributed by atoms with van der Waals surface area (Å²) in [6.45, 7) is 6.11. The first kappa shape index (κ1) is 13.8. The van der Waals surface area contributed by atoms with E-state index in [1.165, 1.54) is 0 Å². The van der Waals surface area contributed by atoms with Crippen molar-refractivity contribution in [2.24, 2.45) is 5.92 Å². The lowest BCUT2D eigenvalue weighted by atomic mass is 10.0. The molecule has 0 saturated heterocycles. The first-order valence-electron chi connectivity index (χ1n) is 6.27. The van der Waals surface area contributed by atoms with Crippen molar-refractivity contribution in [3.63, 3.8) is 0 Å². The van der Waals surface area contributed by atoms with Gasteiger partial charge in [-0.05, 0) is 33.1 Å². The second kappa shape index (κ2) is 5.89. The van der Waals surface area contributed by atoms with Crippen LogP contribution in [0.25, 0.3) is 0 Å². The van der Waals surface area contributed by atoms with Gasteiger partial charge in [-0.3, -0.25) is 4.79 Å². The number of carbonyl (C=O) groups excluding carboxylic acids is 1. The summed E-state index contributed by atoms with van der Waals surface area (Å²) >= 11 is 0. The Kier molecular flexibility index (Phi) is 4.78. The highest BCUT2D eigenvalue weighted by Gasteiger charge is 2.33. The van der Waals surface area contributed by atoms with Crippen molar-refractivity contribution in [2.75, 3.05) is 6.54 Å². The molecule has 1 aliphatic rings. The summed E-state index contributed by atoms with van der Waals surface area (Å²) in [5.74, 6) is -1.45. The first-order chi connectivity index (χ1) is 7.97. The fourth-order valence-electron chi connectivity index (χ4n) is 1.69. The zero-order valence-electron chi connectivity index (χ0n) is 10.8. The quantitative estimate of drug-likeness (QED) is 0.744. The second-order valence-electron chi connectivity index (χ2n) is 4.79. The Labute approximate surface area is 102 Å². The van der Waals surface area contributed by atoms with Crippen molar-refractivity contribution < 1.29 is 14.7 Å². The predicted octanol–water partition coefficient (Wildman–Crippen LogP) is 1.68. The van der Waals surface area contributed by atoms with Gasteiger partial charge in [0, 0.05) is 18.6 Å². The third-order valence-electron chi connectivity index (χ3n) is 3.20. The lowest BCUT2D eigenvalue weighted by Gasteiger charge is -2.26. The van der Waals surface area contributed by atoms with Crippen LogP contribution in [0.5, 0.6) is 0 Å². The minimum atomic E-state index is -0.883. The van der Waals surface area contributed by atoms with Gasteiger partial charge in [-0.2, -0.15) is 0 Å². The van der Waals surface area contributed by atoms with Crippen LogP contribution in [-0.4, -0.2) is 40.6 Å². The van der Waals surface area contributed by atoms with Crippen LogP contribution in [0.4, 0.5) is 4.79 Å². The molecule has 0 aliphatic heterocycles. The van der Waals surface area contributed by atoms with Gasteiger partial charge in [0.15, 0.2) is 0 Å². The fraction of sp³-hybridized carbons (Fsp3) is 0.833. The molecule has 1 saturated carbocycles. The summed E-state index contributed by atoms with van der Waals surface area (Å²) in [4.78, 5) is 24.6. The number of hydrogen-bond acceptors (Lipinski definition) is 2. The molecule has 0 radical (unpaired) electrons. The molecule has 0 aromatic carbocycles. The summed E-state index contributed by atoms with van der Waals surface area (Å²) in [7, 11) is 0. The molecule has 1 fully saturated rings. The molecular weight excluding hydrogens is 220 g/mol. The van der Waals surface area contributed by atoms with Crippen molar-refractivity contribution in [2.45, 2.75) is 52.1 Å². The van der Waals surface area contributed by atoms with Crippen molar-refractivity contribution >= 4 is 12.0 Å². The Bertz CT molecular complexity index is 289. The van der Waals surface area contributed by atoms with Gasteiger partial charge in [0.1, 0.15) is 0 Å². The highest BCUT2D eigenvalue weighted by atomic mass is 16.4. The minimum absolute atomic E-state index is 0.130. The van der Waals surface area contributed by atoms with Crippen molar-refractivity contribution in [3.05, 3.63) is 0 Å². The summed E-state index contributed by atoms with van der Waals surface area (Å²) in [5, 5.41) is 11.6. The number of carbonyl (C=O) groups is 2. The third-order valence-corrected chi connectivity index (χ3v) is 3.20. The van der Waals surface area contributed by atoms with Crippen LogP contribution in [0.2, 0.25) is 0 Å². The molecule has 0 heterocycles. The number of rotatable bonds is 6. The van der Waals surface area contributed by atoms with E-state index in [2.05, 4.69) is 5.32 Å². The number of amides is 2. The number of carboxylic acids is 1. The molecule has 2 atom stereocenters. The number of urea groups is 1. The van der Waals surface area contributed by atoms with Gasteiger partial charge in [-0.25, -0.2) is 4.79 Å². The number of nitrogens with one attached hydrogen (secondary N) is 1. The molecule has 0 spiro atoms. The Morgan fingerprint density at radius 2 is 2.00 bits per heavy atom. The van der Waals surface area contributed by atoms with Crippen molar-refractivity contribution in [1.29, 1.82) is 0 Å². The Morgan fingerprint density at radius 1 is 1.41 bits per heavy atom. The van der Waals surface area contributed by atoms with Gasteiger partial charge < -0.3 is 15.3 Å². The monoisotopic (exact) mass is 242 g/mol. The smallest absolute Gasteiger partial charge is 0.317 e. The SMILES string of the molecule is CCCN(C(=O)NC(C)C(C)C(=O)O)C1CC1. The molecular formula is C12H22N2O3. The molecule has 17 heavy (non-hydrogen) atoms. The Balaban J connectivity index is 2.48. The zero-order chi connectivity index (χ0) is 13.0. The summed E-state index contributed by atoms with van der Waals surface area (Å²) in [6.07, 6.45) is 3.05.